The van der Waals surface area contributed by atoms with Crippen molar-refractivity contribution < 1.29 is 9.13 Å². The van der Waals surface area contributed by atoms with Gasteiger partial charge in [-0.3, -0.25) is 0 Å². The van der Waals surface area contributed by atoms with Gasteiger partial charge in [0.1, 0.15) is 11.6 Å². The molecule has 0 aromatic heterocycles. The van der Waals surface area contributed by atoms with E-state index in [9.17, 15) is 4.39 Å². The van der Waals surface area contributed by atoms with Gasteiger partial charge in [0.25, 0.3) is 0 Å². The smallest absolute Gasteiger partial charge is 0.131 e. The predicted molar refractivity (Wildman–Crippen MR) is 82.7 cm³/mol. The summed E-state index contributed by atoms with van der Waals surface area (Å²) < 4.78 is 19.8. The van der Waals surface area contributed by atoms with Crippen LogP contribution in [0.2, 0.25) is 0 Å². The minimum atomic E-state index is -0.188. The van der Waals surface area contributed by atoms with Crippen molar-refractivity contribution in [3.8, 4) is 5.75 Å². The SMILES string of the molecule is CCCCCCOc1cccc(F)c1C(C)NCCC. The lowest BCUT2D eigenvalue weighted by molar-refractivity contribution is 0.296. The van der Waals surface area contributed by atoms with Crippen LogP contribution in [0.25, 0.3) is 0 Å². The number of unbranched alkanes of at least 4 members (excludes halogenated alkanes) is 3. The quantitative estimate of drug-likeness (QED) is 0.619. The van der Waals surface area contributed by atoms with Gasteiger partial charge in [0.15, 0.2) is 0 Å². The molecule has 0 aliphatic heterocycles. The molecule has 1 atom stereocenters. The molecule has 0 heterocycles. The van der Waals surface area contributed by atoms with Crippen molar-refractivity contribution in [3.63, 3.8) is 0 Å². The van der Waals surface area contributed by atoms with Crippen LogP contribution in [0.5, 0.6) is 5.75 Å². The third-order valence-electron chi connectivity index (χ3n) is 3.40. The molecule has 1 aromatic carbocycles. The van der Waals surface area contributed by atoms with Crippen LogP contribution in [0.3, 0.4) is 0 Å². The van der Waals surface area contributed by atoms with E-state index in [1.807, 2.05) is 13.0 Å². The summed E-state index contributed by atoms with van der Waals surface area (Å²) in [6, 6.07) is 5.06. The molecule has 20 heavy (non-hydrogen) atoms. The summed E-state index contributed by atoms with van der Waals surface area (Å²) in [6.07, 6.45) is 5.67. The summed E-state index contributed by atoms with van der Waals surface area (Å²) in [5.74, 6) is 0.491. The van der Waals surface area contributed by atoms with Crippen LogP contribution in [0, 0.1) is 5.82 Å². The maximum Gasteiger partial charge on any atom is 0.131 e. The highest BCUT2D eigenvalue weighted by Gasteiger charge is 2.16. The van der Waals surface area contributed by atoms with E-state index in [1.165, 1.54) is 25.3 Å². The van der Waals surface area contributed by atoms with Gasteiger partial charge in [-0.15, -0.1) is 0 Å². The first-order valence-corrected chi connectivity index (χ1v) is 7.85. The molecule has 1 N–H and O–H groups in total. The number of benzene rings is 1. The minimum absolute atomic E-state index is 0.0261. The van der Waals surface area contributed by atoms with Crippen molar-refractivity contribution >= 4 is 0 Å². The average molecular weight is 281 g/mol. The average Bonchev–Trinajstić information content (AvgIpc) is 2.44. The zero-order valence-electron chi connectivity index (χ0n) is 13.0. The predicted octanol–water partition coefficient (Wildman–Crippen LogP) is 4.85. The standard InChI is InChI=1S/C17H28FNO/c1-4-6-7-8-13-20-16-11-9-10-15(18)17(16)14(3)19-12-5-2/h9-11,14,19H,4-8,12-13H2,1-3H3. The molecule has 2 nitrogen and oxygen atoms in total. The lowest BCUT2D eigenvalue weighted by atomic mass is 10.1. The zero-order valence-corrected chi connectivity index (χ0v) is 13.0. The molecule has 0 spiro atoms. The second-order valence-corrected chi connectivity index (χ2v) is 5.24. The molecule has 0 aliphatic rings. The minimum Gasteiger partial charge on any atom is -0.493 e. The fraction of sp³-hybridized carbons (Fsp3) is 0.647. The Morgan fingerprint density at radius 3 is 2.65 bits per heavy atom. The highest BCUT2D eigenvalue weighted by Crippen LogP contribution is 2.28. The van der Waals surface area contributed by atoms with E-state index >= 15 is 0 Å². The molecule has 3 heteroatoms. The van der Waals surface area contributed by atoms with E-state index in [0.717, 1.165) is 19.4 Å². The summed E-state index contributed by atoms with van der Waals surface area (Å²) in [5.41, 5.74) is 0.649. The molecule has 0 radical (unpaired) electrons. The first-order chi connectivity index (χ1) is 9.70. The largest absolute Gasteiger partial charge is 0.493 e. The second-order valence-electron chi connectivity index (χ2n) is 5.24. The number of nitrogens with one attached hydrogen (secondary N) is 1. The molecule has 1 aromatic rings. The molecule has 0 saturated heterocycles. The Morgan fingerprint density at radius 2 is 1.95 bits per heavy atom. The number of hydrogen-bond acceptors (Lipinski definition) is 2. The molecule has 0 amide bonds. The van der Waals surface area contributed by atoms with Crippen LogP contribution in [0.4, 0.5) is 4.39 Å². The monoisotopic (exact) mass is 281 g/mol. The third kappa shape index (κ3) is 5.49. The van der Waals surface area contributed by atoms with Gasteiger partial charge in [0.05, 0.1) is 6.61 Å². The van der Waals surface area contributed by atoms with Gasteiger partial charge >= 0.3 is 0 Å². The Morgan fingerprint density at radius 1 is 1.15 bits per heavy atom. The molecular weight excluding hydrogens is 253 g/mol. The number of halogens is 1. The van der Waals surface area contributed by atoms with E-state index in [4.69, 9.17) is 4.74 Å². The van der Waals surface area contributed by atoms with Crippen LogP contribution in [-0.4, -0.2) is 13.2 Å². The maximum atomic E-state index is 14.0. The van der Waals surface area contributed by atoms with E-state index in [-0.39, 0.29) is 11.9 Å². The van der Waals surface area contributed by atoms with Crippen LogP contribution >= 0.6 is 0 Å². The topological polar surface area (TPSA) is 21.3 Å². The van der Waals surface area contributed by atoms with Gasteiger partial charge in [-0.05, 0) is 38.4 Å². The van der Waals surface area contributed by atoms with E-state index in [1.54, 1.807) is 6.07 Å². The first-order valence-electron chi connectivity index (χ1n) is 7.85. The lowest BCUT2D eigenvalue weighted by Crippen LogP contribution is -2.21. The van der Waals surface area contributed by atoms with Crippen LogP contribution in [0.1, 0.15) is 64.5 Å². The Kier molecular flexibility index (Phi) is 8.28. The highest BCUT2D eigenvalue weighted by molar-refractivity contribution is 5.37. The zero-order chi connectivity index (χ0) is 14.8. The Balaban J connectivity index is 2.62. The summed E-state index contributed by atoms with van der Waals surface area (Å²) >= 11 is 0. The Labute approximate surface area is 122 Å². The fourth-order valence-corrected chi connectivity index (χ4v) is 2.24. The summed E-state index contributed by atoms with van der Waals surface area (Å²) in [7, 11) is 0. The van der Waals surface area contributed by atoms with E-state index < -0.39 is 0 Å². The van der Waals surface area contributed by atoms with Gasteiger partial charge in [-0.1, -0.05) is 39.2 Å². The molecule has 0 fully saturated rings. The number of rotatable bonds is 10. The molecule has 114 valence electrons. The Bertz CT molecular complexity index is 381. The van der Waals surface area contributed by atoms with Crippen LogP contribution in [0.15, 0.2) is 18.2 Å². The van der Waals surface area contributed by atoms with Gasteiger partial charge in [0.2, 0.25) is 0 Å². The van der Waals surface area contributed by atoms with Gasteiger partial charge < -0.3 is 10.1 Å². The Hall–Kier alpha value is -1.09. The highest BCUT2D eigenvalue weighted by atomic mass is 19.1. The maximum absolute atomic E-state index is 14.0. The van der Waals surface area contributed by atoms with Crippen molar-refractivity contribution in [2.45, 2.75) is 58.9 Å². The first kappa shape index (κ1) is 17.0. The molecule has 1 unspecified atom stereocenters. The lowest BCUT2D eigenvalue weighted by Gasteiger charge is -2.19. The molecular formula is C17H28FNO. The molecule has 0 saturated carbocycles. The normalized spacial score (nSPS) is 12.4. The molecule has 0 aliphatic carbocycles. The third-order valence-corrected chi connectivity index (χ3v) is 3.40. The van der Waals surface area contributed by atoms with Crippen molar-refractivity contribution in [1.29, 1.82) is 0 Å². The summed E-state index contributed by atoms with van der Waals surface area (Å²) in [5, 5.41) is 3.32. The van der Waals surface area contributed by atoms with Crippen LogP contribution < -0.4 is 10.1 Å². The summed E-state index contributed by atoms with van der Waals surface area (Å²) in [4.78, 5) is 0. The van der Waals surface area contributed by atoms with Crippen molar-refractivity contribution in [2.75, 3.05) is 13.2 Å². The fourth-order valence-electron chi connectivity index (χ4n) is 2.24. The van der Waals surface area contributed by atoms with Gasteiger partial charge in [0, 0.05) is 11.6 Å². The van der Waals surface area contributed by atoms with E-state index in [2.05, 4.69) is 19.2 Å². The number of hydrogen-bond donors (Lipinski definition) is 1. The van der Waals surface area contributed by atoms with Crippen molar-refractivity contribution in [1.82, 2.24) is 5.32 Å². The van der Waals surface area contributed by atoms with Crippen molar-refractivity contribution in [3.05, 3.63) is 29.6 Å². The van der Waals surface area contributed by atoms with Gasteiger partial charge in [-0.25, -0.2) is 4.39 Å². The molecule has 1 rings (SSSR count). The number of ether oxygens (including phenoxy) is 1. The second kappa shape index (κ2) is 9.76. The van der Waals surface area contributed by atoms with Gasteiger partial charge in [-0.2, -0.15) is 0 Å². The molecule has 0 bridgehead atoms. The van der Waals surface area contributed by atoms with Crippen LogP contribution in [-0.2, 0) is 0 Å². The van der Waals surface area contributed by atoms with Crippen molar-refractivity contribution in [2.24, 2.45) is 0 Å². The van der Waals surface area contributed by atoms with E-state index in [0.29, 0.717) is 17.9 Å². The summed E-state index contributed by atoms with van der Waals surface area (Å²) in [6.45, 7) is 7.82.